The van der Waals surface area contributed by atoms with Gasteiger partial charge in [0.05, 0.1) is 12.7 Å². The summed E-state index contributed by atoms with van der Waals surface area (Å²) in [6.07, 6.45) is 4.44. The molecular weight excluding hydrogens is 330 g/mol. The minimum absolute atomic E-state index is 0.0956. The molecule has 2 unspecified atom stereocenters. The third kappa shape index (κ3) is 4.21. The van der Waals surface area contributed by atoms with Crippen molar-refractivity contribution in [3.05, 3.63) is 28.2 Å². The van der Waals surface area contributed by atoms with E-state index >= 15 is 0 Å². The number of hydrogen-bond donors (Lipinski definition) is 1. The van der Waals surface area contributed by atoms with Gasteiger partial charge in [0.15, 0.2) is 0 Å². The fourth-order valence-corrected chi connectivity index (χ4v) is 3.52. The van der Waals surface area contributed by atoms with Gasteiger partial charge in [-0.25, -0.2) is 0 Å². The van der Waals surface area contributed by atoms with Crippen LogP contribution in [0.5, 0.6) is 5.75 Å². The third-order valence-corrected chi connectivity index (χ3v) is 4.85. The number of halogens is 1. The number of rotatable bonds is 6. The molecule has 1 heterocycles. The first-order valence-electron chi connectivity index (χ1n) is 7.79. The van der Waals surface area contributed by atoms with Crippen molar-refractivity contribution in [3.63, 3.8) is 0 Å². The van der Waals surface area contributed by atoms with E-state index in [2.05, 4.69) is 41.2 Å². The maximum atomic E-state index is 6.14. The van der Waals surface area contributed by atoms with Crippen LogP contribution in [0.15, 0.2) is 22.7 Å². The van der Waals surface area contributed by atoms with Crippen molar-refractivity contribution in [2.45, 2.75) is 51.2 Å². The summed E-state index contributed by atoms with van der Waals surface area (Å²) in [6, 6.07) is 6.48. The highest BCUT2D eigenvalue weighted by Gasteiger charge is 2.36. The molecule has 1 aliphatic rings. The van der Waals surface area contributed by atoms with Crippen LogP contribution in [0.2, 0.25) is 0 Å². The lowest BCUT2D eigenvalue weighted by atomic mass is 9.84. The molecule has 0 amide bonds. The number of hydrogen-bond acceptors (Lipinski definition) is 3. The minimum Gasteiger partial charge on any atom is -0.496 e. The highest BCUT2D eigenvalue weighted by atomic mass is 79.9. The predicted molar refractivity (Wildman–Crippen MR) is 90.1 cm³/mol. The van der Waals surface area contributed by atoms with Gasteiger partial charge in [-0.1, -0.05) is 22.9 Å². The monoisotopic (exact) mass is 355 g/mol. The highest BCUT2D eigenvalue weighted by molar-refractivity contribution is 9.10. The molecule has 3 nitrogen and oxygen atoms in total. The normalized spacial score (nSPS) is 23.8. The average molecular weight is 356 g/mol. The second-order valence-electron chi connectivity index (χ2n) is 5.89. The topological polar surface area (TPSA) is 30.5 Å². The highest BCUT2D eigenvalue weighted by Crippen LogP contribution is 2.32. The van der Waals surface area contributed by atoms with E-state index in [1.165, 1.54) is 18.4 Å². The fraction of sp³-hybridized carbons (Fsp3) is 0.647. The van der Waals surface area contributed by atoms with Gasteiger partial charge >= 0.3 is 0 Å². The van der Waals surface area contributed by atoms with Crippen LogP contribution in [0.4, 0.5) is 0 Å². The van der Waals surface area contributed by atoms with Crippen molar-refractivity contribution in [3.8, 4) is 5.75 Å². The summed E-state index contributed by atoms with van der Waals surface area (Å²) < 4.78 is 12.7. The van der Waals surface area contributed by atoms with Crippen LogP contribution in [0.1, 0.15) is 38.7 Å². The van der Waals surface area contributed by atoms with Gasteiger partial charge in [0.1, 0.15) is 5.75 Å². The summed E-state index contributed by atoms with van der Waals surface area (Å²) >= 11 is 3.56. The molecule has 0 aromatic heterocycles. The van der Waals surface area contributed by atoms with Crippen LogP contribution in [0, 0.1) is 0 Å². The van der Waals surface area contributed by atoms with Gasteiger partial charge in [-0.3, -0.25) is 0 Å². The maximum Gasteiger partial charge on any atom is 0.122 e. The van der Waals surface area contributed by atoms with Crippen molar-refractivity contribution in [1.29, 1.82) is 0 Å². The number of likely N-dealkylation sites (N-methyl/N-ethyl adjacent to an activating group) is 1. The lowest BCUT2D eigenvalue weighted by molar-refractivity contribution is -0.0881. The molecule has 1 aromatic carbocycles. The molecule has 21 heavy (non-hydrogen) atoms. The van der Waals surface area contributed by atoms with E-state index in [1.807, 2.05) is 12.1 Å². The molecule has 2 rings (SSSR count). The molecule has 1 N–H and O–H groups in total. The molecule has 0 spiro atoms. The summed E-state index contributed by atoms with van der Waals surface area (Å²) in [5.74, 6) is 0.945. The third-order valence-electron chi connectivity index (χ3n) is 4.35. The van der Waals surface area contributed by atoms with Crippen LogP contribution in [-0.2, 0) is 11.2 Å². The Hall–Kier alpha value is -0.580. The van der Waals surface area contributed by atoms with Crippen molar-refractivity contribution in [1.82, 2.24) is 5.32 Å². The number of benzene rings is 1. The van der Waals surface area contributed by atoms with E-state index in [0.29, 0.717) is 6.04 Å². The van der Waals surface area contributed by atoms with Crippen molar-refractivity contribution in [2.75, 3.05) is 20.3 Å². The molecule has 1 saturated heterocycles. The number of methoxy groups -OCH3 is 1. The molecule has 0 bridgehead atoms. The van der Waals surface area contributed by atoms with Gasteiger partial charge in [-0.05, 0) is 62.9 Å². The first-order valence-corrected chi connectivity index (χ1v) is 8.58. The number of nitrogens with one attached hydrogen (secondary N) is 1. The molecule has 0 saturated carbocycles. The zero-order valence-electron chi connectivity index (χ0n) is 13.2. The molecule has 2 atom stereocenters. The standard InChI is InChI=1S/C17H26BrNO2/c1-4-19-16(17(2)9-5-6-10-21-17)12-13-11-14(18)7-8-15(13)20-3/h7-8,11,16,19H,4-6,9-10,12H2,1-3H3. The van der Waals surface area contributed by atoms with E-state index in [4.69, 9.17) is 9.47 Å². The van der Waals surface area contributed by atoms with Crippen molar-refractivity contribution in [2.24, 2.45) is 0 Å². The number of ether oxygens (including phenoxy) is 2. The molecule has 118 valence electrons. The largest absolute Gasteiger partial charge is 0.496 e. The van der Waals surface area contributed by atoms with Gasteiger partial charge in [-0.2, -0.15) is 0 Å². The molecule has 1 fully saturated rings. The Morgan fingerprint density at radius 1 is 1.43 bits per heavy atom. The maximum absolute atomic E-state index is 6.14. The van der Waals surface area contributed by atoms with Gasteiger partial charge in [0, 0.05) is 17.1 Å². The molecule has 4 heteroatoms. The molecule has 1 aliphatic heterocycles. The Labute approximate surface area is 136 Å². The quantitative estimate of drug-likeness (QED) is 0.838. The SMILES string of the molecule is CCNC(Cc1cc(Br)ccc1OC)C1(C)CCCCO1. The van der Waals surface area contributed by atoms with Crippen LogP contribution in [0.3, 0.4) is 0 Å². The van der Waals surface area contributed by atoms with Gasteiger partial charge in [0.2, 0.25) is 0 Å². The second-order valence-corrected chi connectivity index (χ2v) is 6.80. The summed E-state index contributed by atoms with van der Waals surface area (Å²) in [7, 11) is 1.73. The van der Waals surface area contributed by atoms with Crippen LogP contribution < -0.4 is 10.1 Å². The molecule has 0 radical (unpaired) electrons. The van der Waals surface area contributed by atoms with Crippen LogP contribution in [-0.4, -0.2) is 31.9 Å². The van der Waals surface area contributed by atoms with Crippen LogP contribution in [0.25, 0.3) is 0 Å². The van der Waals surface area contributed by atoms with Gasteiger partial charge in [0.25, 0.3) is 0 Å². The Bertz CT molecular complexity index is 458. The van der Waals surface area contributed by atoms with Gasteiger partial charge < -0.3 is 14.8 Å². The average Bonchev–Trinajstić information content (AvgIpc) is 2.48. The smallest absolute Gasteiger partial charge is 0.122 e. The van der Waals surface area contributed by atoms with E-state index < -0.39 is 0 Å². The van der Waals surface area contributed by atoms with Crippen LogP contribution >= 0.6 is 15.9 Å². The molecular formula is C17H26BrNO2. The van der Waals surface area contributed by atoms with E-state index in [9.17, 15) is 0 Å². The van der Waals surface area contributed by atoms with E-state index in [0.717, 1.165) is 36.2 Å². The van der Waals surface area contributed by atoms with Gasteiger partial charge in [-0.15, -0.1) is 0 Å². The summed E-state index contributed by atoms with van der Waals surface area (Å²) in [6.45, 7) is 6.20. The Morgan fingerprint density at radius 2 is 2.24 bits per heavy atom. The fourth-order valence-electron chi connectivity index (χ4n) is 3.11. The second kappa shape index (κ2) is 7.61. The lowest BCUT2D eigenvalue weighted by Crippen LogP contribution is -2.53. The molecule has 1 aromatic rings. The Kier molecular flexibility index (Phi) is 6.08. The van der Waals surface area contributed by atoms with Crippen molar-refractivity contribution >= 4 is 15.9 Å². The summed E-state index contributed by atoms with van der Waals surface area (Å²) in [5.41, 5.74) is 1.12. The Morgan fingerprint density at radius 3 is 2.86 bits per heavy atom. The van der Waals surface area contributed by atoms with E-state index in [1.54, 1.807) is 7.11 Å². The predicted octanol–water partition coefficient (Wildman–Crippen LogP) is 3.94. The zero-order chi connectivity index (χ0) is 15.3. The Balaban J connectivity index is 2.21. The summed E-state index contributed by atoms with van der Waals surface area (Å²) in [5, 5.41) is 3.62. The minimum atomic E-state index is -0.0956. The summed E-state index contributed by atoms with van der Waals surface area (Å²) in [4.78, 5) is 0. The van der Waals surface area contributed by atoms with E-state index in [-0.39, 0.29) is 5.60 Å². The molecule has 0 aliphatic carbocycles. The zero-order valence-corrected chi connectivity index (χ0v) is 14.8. The van der Waals surface area contributed by atoms with Crippen molar-refractivity contribution < 1.29 is 9.47 Å². The first-order chi connectivity index (χ1) is 10.1. The lowest BCUT2D eigenvalue weighted by Gasteiger charge is -2.41. The first kappa shape index (κ1) is 16.8.